The van der Waals surface area contributed by atoms with Crippen LogP contribution in [-0.4, -0.2) is 18.2 Å². The number of nitrogens with one attached hydrogen (secondary N) is 1. The lowest BCUT2D eigenvalue weighted by Crippen LogP contribution is -2.36. The first-order valence-electron chi connectivity index (χ1n) is 12.0. The predicted octanol–water partition coefficient (Wildman–Crippen LogP) is 6.02. The van der Waals surface area contributed by atoms with Crippen molar-refractivity contribution in [2.45, 2.75) is 58.0 Å². The number of hydrogen-bond acceptors (Lipinski definition) is 5. The van der Waals surface area contributed by atoms with Crippen LogP contribution in [0.25, 0.3) is 0 Å². The third-order valence-corrected chi connectivity index (χ3v) is 7.10. The van der Waals surface area contributed by atoms with Crippen molar-refractivity contribution in [3.05, 3.63) is 81.2 Å². The van der Waals surface area contributed by atoms with Crippen LogP contribution in [0.2, 0.25) is 5.02 Å². The minimum Gasteiger partial charge on any atom is -0.490 e. The molecule has 0 unspecified atom stereocenters. The Hall–Kier alpha value is -3.05. The van der Waals surface area contributed by atoms with Gasteiger partial charge in [-0.3, -0.25) is 9.59 Å². The maximum atomic E-state index is 13.1. The number of hydrogen-bond donors (Lipinski definition) is 1. The van der Waals surface area contributed by atoms with Crippen molar-refractivity contribution >= 4 is 23.2 Å². The number of allylic oxidation sites excluding steroid dienone is 4. The molecule has 5 rings (SSSR count). The second-order valence-electron chi connectivity index (χ2n) is 8.92. The van der Waals surface area contributed by atoms with E-state index in [2.05, 4.69) is 5.32 Å². The van der Waals surface area contributed by atoms with Crippen LogP contribution < -0.4 is 14.8 Å². The molecule has 0 aromatic heterocycles. The minimum absolute atomic E-state index is 0.126. The summed E-state index contributed by atoms with van der Waals surface area (Å²) < 4.78 is 12.0. The largest absolute Gasteiger partial charge is 0.490 e. The standard InChI is InChI=1S/C28H28ClNO4/c1-2-33-25-15-17(13-14-24(25)34-16-18-7-3-4-8-19(18)29)26-27-20(9-5-11-22(27)31)30-21-10-6-12-23(32)28(21)26/h3-4,7-8,13-15,26,30H,2,5-6,9-12,16H2,1H3. The van der Waals surface area contributed by atoms with E-state index in [1.807, 2.05) is 49.4 Å². The van der Waals surface area contributed by atoms with Crippen LogP contribution in [0.5, 0.6) is 11.5 Å². The number of rotatable bonds is 6. The number of ketones is 2. The number of halogens is 1. The Balaban J connectivity index is 1.53. The SMILES string of the molecule is CCOc1cc(C2C3=C(CCCC3=O)NC3=C2C(=O)CCC3)ccc1OCc1ccccc1Cl. The molecule has 5 nitrogen and oxygen atoms in total. The quantitative estimate of drug-likeness (QED) is 0.551. The molecule has 2 aliphatic carbocycles. The lowest BCUT2D eigenvalue weighted by atomic mass is 9.71. The molecular formula is C28H28ClNO4. The smallest absolute Gasteiger partial charge is 0.161 e. The first-order valence-corrected chi connectivity index (χ1v) is 12.4. The normalized spacial score (nSPS) is 18.4. The summed E-state index contributed by atoms with van der Waals surface area (Å²) in [5.74, 6) is 1.10. The molecule has 0 bridgehead atoms. The Kier molecular flexibility index (Phi) is 6.46. The van der Waals surface area contributed by atoms with Gasteiger partial charge in [0.15, 0.2) is 23.1 Å². The number of carbonyl (C=O) groups is 2. The fourth-order valence-electron chi connectivity index (χ4n) is 5.18. The third-order valence-electron chi connectivity index (χ3n) is 6.73. The number of ether oxygens (including phenoxy) is 2. The molecule has 0 spiro atoms. The van der Waals surface area contributed by atoms with Gasteiger partial charge in [-0.15, -0.1) is 0 Å². The summed E-state index contributed by atoms with van der Waals surface area (Å²) in [5, 5.41) is 4.11. The lowest BCUT2D eigenvalue weighted by Gasteiger charge is -2.37. The van der Waals surface area contributed by atoms with Crippen LogP contribution in [0.3, 0.4) is 0 Å². The zero-order valence-electron chi connectivity index (χ0n) is 19.3. The molecule has 0 fully saturated rings. The van der Waals surface area contributed by atoms with Gasteiger partial charge >= 0.3 is 0 Å². The van der Waals surface area contributed by atoms with E-state index in [1.54, 1.807) is 0 Å². The predicted molar refractivity (Wildman–Crippen MR) is 131 cm³/mol. The molecular weight excluding hydrogens is 450 g/mol. The van der Waals surface area contributed by atoms with E-state index in [0.29, 0.717) is 42.6 Å². The summed E-state index contributed by atoms with van der Waals surface area (Å²) in [6.45, 7) is 2.71. The Morgan fingerprint density at radius 3 is 2.21 bits per heavy atom. The topological polar surface area (TPSA) is 64.6 Å². The first-order chi connectivity index (χ1) is 16.6. The van der Waals surface area contributed by atoms with Gasteiger partial charge in [-0.2, -0.15) is 0 Å². The van der Waals surface area contributed by atoms with E-state index >= 15 is 0 Å². The summed E-state index contributed by atoms with van der Waals surface area (Å²) in [5.41, 5.74) is 5.22. The van der Waals surface area contributed by atoms with Crippen LogP contribution in [0.1, 0.15) is 62.5 Å². The molecule has 2 aromatic rings. The molecule has 1 aliphatic heterocycles. The van der Waals surface area contributed by atoms with E-state index in [-0.39, 0.29) is 17.5 Å². The molecule has 0 saturated carbocycles. The van der Waals surface area contributed by atoms with Gasteiger partial charge in [-0.1, -0.05) is 35.9 Å². The van der Waals surface area contributed by atoms with E-state index < -0.39 is 0 Å². The van der Waals surface area contributed by atoms with Gasteiger partial charge in [-0.05, 0) is 56.4 Å². The van der Waals surface area contributed by atoms with E-state index in [1.165, 1.54) is 0 Å². The van der Waals surface area contributed by atoms with Crippen LogP contribution in [0, 0.1) is 0 Å². The molecule has 0 amide bonds. The summed E-state index contributed by atoms with van der Waals surface area (Å²) in [4.78, 5) is 26.1. The van der Waals surface area contributed by atoms with Crippen LogP contribution in [0.15, 0.2) is 65.0 Å². The number of benzene rings is 2. The van der Waals surface area contributed by atoms with Gasteiger partial charge in [0.05, 0.1) is 6.61 Å². The van der Waals surface area contributed by atoms with Gasteiger partial charge in [0.2, 0.25) is 0 Å². The molecule has 34 heavy (non-hydrogen) atoms. The highest BCUT2D eigenvalue weighted by atomic mass is 35.5. The molecule has 176 valence electrons. The third kappa shape index (κ3) is 4.25. The summed E-state index contributed by atoms with van der Waals surface area (Å²) in [7, 11) is 0. The van der Waals surface area contributed by atoms with E-state index in [4.69, 9.17) is 21.1 Å². The Morgan fingerprint density at radius 1 is 0.882 bits per heavy atom. The van der Waals surface area contributed by atoms with Crippen molar-refractivity contribution in [3.63, 3.8) is 0 Å². The second-order valence-corrected chi connectivity index (χ2v) is 9.32. The highest BCUT2D eigenvalue weighted by molar-refractivity contribution is 6.31. The maximum Gasteiger partial charge on any atom is 0.161 e. The number of dihydropyridines is 1. The van der Waals surface area contributed by atoms with Crippen molar-refractivity contribution < 1.29 is 19.1 Å². The fraction of sp³-hybridized carbons (Fsp3) is 0.357. The Morgan fingerprint density at radius 2 is 1.56 bits per heavy atom. The Bertz CT molecular complexity index is 1170. The zero-order valence-corrected chi connectivity index (χ0v) is 20.0. The fourth-order valence-corrected chi connectivity index (χ4v) is 5.37. The van der Waals surface area contributed by atoms with Gasteiger partial charge < -0.3 is 14.8 Å². The molecule has 1 heterocycles. The number of Topliss-reactive ketones (excluding diaryl/α,β-unsaturated/α-hetero) is 2. The highest BCUT2D eigenvalue weighted by Crippen LogP contribution is 2.46. The minimum atomic E-state index is -0.358. The molecule has 6 heteroatoms. The van der Waals surface area contributed by atoms with Crippen molar-refractivity contribution in [2.24, 2.45) is 0 Å². The van der Waals surface area contributed by atoms with Gasteiger partial charge in [0.25, 0.3) is 0 Å². The maximum absolute atomic E-state index is 13.1. The highest BCUT2D eigenvalue weighted by Gasteiger charge is 2.40. The molecule has 0 radical (unpaired) electrons. The zero-order chi connectivity index (χ0) is 23.7. The summed E-state index contributed by atoms with van der Waals surface area (Å²) in [6, 6.07) is 13.3. The second kappa shape index (κ2) is 9.67. The van der Waals surface area contributed by atoms with Crippen molar-refractivity contribution in [3.8, 4) is 11.5 Å². The van der Waals surface area contributed by atoms with Gasteiger partial charge in [-0.25, -0.2) is 0 Å². The van der Waals surface area contributed by atoms with Crippen molar-refractivity contribution in [1.29, 1.82) is 0 Å². The average Bonchev–Trinajstić information content (AvgIpc) is 2.83. The first kappa shape index (κ1) is 22.7. The molecule has 3 aliphatic rings. The molecule has 0 saturated heterocycles. The summed E-state index contributed by atoms with van der Waals surface area (Å²) in [6.07, 6.45) is 4.38. The monoisotopic (exact) mass is 477 g/mol. The molecule has 2 aromatic carbocycles. The van der Waals surface area contributed by atoms with Gasteiger partial charge in [0.1, 0.15) is 6.61 Å². The van der Waals surface area contributed by atoms with E-state index in [0.717, 1.165) is 59.4 Å². The van der Waals surface area contributed by atoms with E-state index in [9.17, 15) is 9.59 Å². The number of carbonyl (C=O) groups excluding carboxylic acids is 2. The van der Waals surface area contributed by atoms with Crippen LogP contribution in [0.4, 0.5) is 0 Å². The van der Waals surface area contributed by atoms with Crippen LogP contribution >= 0.6 is 11.6 Å². The van der Waals surface area contributed by atoms with Crippen LogP contribution in [-0.2, 0) is 16.2 Å². The van der Waals surface area contributed by atoms with Crippen molar-refractivity contribution in [1.82, 2.24) is 5.32 Å². The average molecular weight is 478 g/mol. The summed E-state index contributed by atoms with van der Waals surface area (Å²) >= 11 is 6.28. The van der Waals surface area contributed by atoms with Gasteiger partial charge in [0, 0.05) is 51.9 Å². The lowest BCUT2D eigenvalue weighted by molar-refractivity contribution is -0.116. The Labute approximate surface area is 204 Å². The molecule has 0 atom stereocenters. The molecule has 1 N–H and O–H groups in total. The van der Waals surface area contributed by atoms with Crippen molar-refractivity contribution in [2.75, 3.05) is 6.61 Å².